The number of nitrogens with one attached hydrogen (secondary N) is 1. The van der Waals surface area contributed by atoms with Gasteiger partial charge in [0.1, 0.15) is 5.75 Å². The van der Waals surface area contributed by atoms with Gasteiger partial charge in [-0.15, -0.1) is 0 Å². The van der Waals surface area contributed by atoms with Gasteiger partial charge in [0.05, 0.1) is 11.4 Å². The maximum atomic E-state index is 12.5. The zero-order valence-electron chi connectivity index (χ0n) is 17.5. The topological polar surface area (TPSA) is 93.2 Å². The Kier molecular flexibility index (Phi) is 6.64. The third-order valence-corrected chi connectivity index (χ3v) is 7.14. The first kappa shape index (κ1) is 22.1. The Morgan fingerprint density at radius 3 is 2.30 bits per heavy atom. The molecule has 162 valence electrons. The van der Waals surface area contributed by atoms with E-state index in [1.807, 2.05) is 12.1 Å². The van der Waals surface area contributed by atoms with E-state index in [1.165, 1.54) is 20.2 Å². The van der Waals surface area contributed by atoms with Crippen LogP contribution in [0.3, 0.4) is 0 Å². The fraction of sp³-hybridized carbons (Fsp3) is 0.381. The van der Waals surface area contributed by atoms with E-state index in [9.17, 15) is 18.3 Å². The Labute approximate surface area is 177 Å². The molecule has 1 heterocycles. The number of hydrogen-bond donors (Lipinski definition) is 2. The minimum atomic E-state index is -3.58. The number of aryl methyl sites for hydroxylation is 1. The highest BCUT2D eigenvalue weighted by Crippen LogP contribution is 2.23. The van der Waals surface area contributed by atoms with Crippen LogP contribution in [0.1, 0.15) is 5.56 Å². The van der Waals surface area contributed by atoms with Gasteiger partial charge in [-0.2, -0.15) is 0 Å². The van der Waals surface area contributed by atoms with Gasteiger partial charge in [0, 0.05) is 51.6 Å². The largest absolute Gasteiger partial charge is 0.508 e. The van der Waals surface area contributed by atoms with Crippen LogP contribution in [0.5, 0.6) is 5.75 Å². The number of benzene rings is 2. The summed E-state index contributed by atoms with van der Waals surface area (Å²) in [4.78, 5) is 17.0. The SMILES string of the molecule is Cc1ccc(NC(=O)CN2CCN(c3ccc(O)cc3)CC2)cc1S(=O)(=O)N(C)C. The van der Waals surface area contributed by atoms with Crippen molar-refractivity contribution in [2.45, 2.75) is 11.8 Å². The van der Waals surface area contributed by atoms with Crippen LogP contribution in [0.15, 0.2) is 47.4 Å². The molecule has 0 bridgehead atoms. The average Bonchev–Trinajstić information content (AvgIpc) is 2.70. The molecule has 8 nitrogen and oxygen atoms in total. The summed E-state index contributed by atoms with van der Waals surface area (Å²) < 4.78 is 26.1. The van der Waals surface area contributed by atoms with E-state index in [4.69, 9.17) is 0 Å². The van der Waals surface area contributed by atoms with Crippen LogP contribution >= 0.6 is 0 Å². The van der Waals surface area contributed by atoms with Crippen molar-refractivity contribution >= 4 is 27.3 Å². The molecule has 1 aliphatic heterocycles. The second-order valence-electron chi connectivity index (χ2n) is 7.60. The van der Waals surface area contributed by atoms with E-state index >= 15 is 0 Å². The van der Waals surface area contributed by atoms with Gasteiger partial charge in [0.15, 0.2) is 0 Å². The van der Waals surface area contributed by atoms with E-state index in [0.717, 1.165) is 36.2 Å². The van der Waals surface area contributed by atoms with Crippen LogP contribution in [0, 0.1) is 6.92 Å². The van der Waals surface area contributed by atoms with E-state index in [0.29, 0.717) is 11.3 Å². The van der Waals surface area contributed by atoms with Crippen LogP contribution in [-0.4, -0.2) is 75.5 Å². The predicted molar refractivity (Wildman–Crippen MR) is 117 cm³/mol. The maximum absolute atomic E-state index is 12.5. The van der Waals surface area contributed by atoms with E-state index in [1.54, 1.807) is 31.2 Å². The Hall–Kier alpha value is -2.62. The van der Waals surface area contributed by atoms with Crippen molar-refractivity contribution in [1.29, 1.82) is 0 Å². The lowest BCUT2D eigenvalue weighted by molar-refractivity contribution is -0.117. The molecule has 2 aromatic rings. The number of carbonyl (C=O) groups excluding carboxylic acids is 1. The van der Waals surface area contributed by atoms with E-state index < -0.39 is 10.0 Å². The highest BCUT2D eigenvalue weighted by molar-refractivity contribution is 7.89. The molecule has 1 fully saturated rings. The second kappa shape index (κ2) is 9.03. The molecular formula is C21H28N4O4S. The molecule has 0 aromatic heterocycles. The number of nitrogens with zero attached hydrogens (tertiary/aromatic N) is 3. The van der Waals surface area contributed by atoms with Gasteiger partial charge in [-0.05, 0) is 48.9 Å². The number of aromatic hydroxyl groups is 1. The number of amides is 1. The Morgan fingerprint density at radius 1 is 1.07 bits per heavy atom. The summed E-state index contributed by atoms with van der Waals surface area (Å²) in [7, 11) is -0.610. The van der Waals surface area contributed by atoms with Gasteiger partial charge >= 0.3 is 0 Å². The Morgan fingerprint density at radius 2 is 1.70 bits per heavy atom. The summed E-state index contributed by atoms with van der Waals surface area (Å²) in [5.41, 5.74) is 2.15. The zero-order valence-corrected chi connectivity index (χ0v) is 18.3. The number of hydrogen-bond acceptors (Lipinski definition) is 6. The third-order valence-electron chi connectivity index (χ3n) is 5.18. The molecular weight excluding hydrogens is 404 g/mol. The molecule has 0 spiro atoms. The monoisotopic (exact) mass is 432 g/mol. The van der Waals surface area contributed by atoms with Crippen molar-refractivity contribution in [1.82, 2.24) is 9.21 Å². The van der Waals surface area contributed by atoms with Gasteiger partial charge in [-0.25, -0.2) is 12.7 Å². The van der Waals surface area contributed by atoms with Crippen molar-refractivity contribution in [2.24, 2.45) is 0 Å². The number of anilines is 2. The van der Waals surface area contributed by atoms with Gasteiger partial charge in [0.25, 0.3) is 0 Å². The number of sulfonamides is 1. The summed E-state index contributed by atoms with van der Waals surface area (Å²) in [6, 6.07) is 12.0. The van der Waals surface area contributed by atoms with Gasteiger partial charge in [-0.1, -0.05) is 6.07 Å². The molecule has 1 aliphatic rings. The molecule has 2 N–H and O–H groups in total. The molecule has 0 atom stereocenters. The molecule has 0 radical (unpaired) electrons. The first-order valence-electron chi connectivity index (χ1n) is 9.76. The molecule has 3 rings (SSSR count). The fourth-order valence-corrected chi connectivity index (χ4v) is 4.53. The van der Waals surface area contributed by atoms with Gasteiger partial charge in [-0.3, -0.25) is 9.69 Å². The van der Waals surface area contributed by atoms with Gasteiger partial charge < -0.3 is 15.3 Å². The zero-order chi connectivity index (χ0) is 21.9. The lowest BCUT2D eigenvalue weighted by atomic mass is 10.2. The minimum absolute atomic E-state index is 0.176. The summed E-state index contributed by atoms with van der Waals surface area (Å²) in [6.07, 6.45) is 0. The standard InChI is InChI=1S/C21H28N4O4S/c1-16-4-5-17(14-20(16)30(28,29)23(2)3)22-21(27)15-24-10-12-25(13-11-24)18-6-8-19(26)9-7-18/h4-9,14,26H,10-13,15H2,1-3H3,(H,22,27). The molecule has 1 saturated heterocycles. The first-order valence-corrected chi connectivity index (χ1v) is 11.2. The summed E-state index contributed by atoms with van der Waals surface area (Å²) in [5, 5.41) is 12.2. The van der Waals surface area contributed by atoms with Gasteiger partial charge in [0.2, 0.25) is 15.9 Å². The van der Waals surface area contributed by atoms with Crippen molar-refractivity contribution in [3.8, 4) is 5.75 Å². The molecule has 30 heavy (non-hydrogen) atoms. The molecule has 0 saturated carbocycles. The molecule has 1 amide bonds. The van der Waals surface area contributed by atoms with Crippen molar-refractivity contribution in [2.75, 3.05) is 57.0 Å². The number of rotatable bonds is 6. The summed E-state index contributed by atoms with van der Waals surface area (Å²) >= 11 is 0. The quantitative estimate of drug-likeness (QED) is 0.722. The summed E-state index contributed by atoms with van der Waals surface area (Å²) in [5.74, 6) is 0.0665. The Bertz CT molecular complexity index is 998. The second-order valence-corrected chi connectivity index (χ2v) is 9.72. The molecule has 9 heteroatoms. The van der Waals surface area contributed by atoms with Crippen LogP contribution in [0.25, 0.3) is 0 Å². The van der Waals surface area contributed by atoms with E-state index in [2.05, 4.69) is 15.1 Å². The lowest BCUT2D eigenvalue weighted by Gasteiger charge is -2.35. The summed E-state index contributed by atoms with van der Waals surface area (Å²) in [6.45, 7) is 5.02. The number of phenolic OH excluding ortho intramolecular Hbond substituents is 1. The van der Waals surface area contributed by atoms with Crippen LogP contribution in [0.2, 0.25) is 0 Å². The third kappa shape index (κ3) is 5.10. The fourth-order valence-electron chi connectivity index (χ4n) is 3.38. The molecule has 0 aliphatic carbocycles. The minimum Gasteiger partial charge on any atom is -0.508 e. The van der Waals surface area contributed by atoms with Crippen molar-refractivity contribution in [3.05, 3.63) is 48.0 Å². The highest BCUT2D eigenvalue weighted by Gasteiger charge is 2.22. The average molecular weight is 433 g/mol. The lowest BCUT2D eigenvalue weighted by Crippen LogP contribution is -2.48. The number of phenols is 1. The van der Waals surface area contributed by atoms with Crippen LogP contribution in [0.4, 0.5) is 11.4 Å². The van der Waals surface area contributed by atoms with E-state index in [-0.39, 0.29) is 23.1 Å². The van der Waals surface area contributed by atoms with Crippen molar-refractivity contribution in [3.63, 3.8) is 0 Å². The number of piperazine rings is 1. The maximum Gasteiger partial charge on any atom is 0.242 e. The molecule has 0 unspecified atom stereocenters. The normalized spacial score (nSPS) is 15.4. The molecule has 2 aromatic carbocycles. The smallest absolute Gasteiger partial charge is 0.242 e. The number of carbonyl (C=O) groups is 1. The first-order chi connectivity index (χ1) is 14.2. The Balaban J connectivity index is 1.57. The van der Waals surface area contributed by atoms with Crippen LogP contribution < -0.4 is 10.2 Å². The van der Waals surface area contributed by atoms with Crippen LogP contribution in [-0.2, 0) is 14.8 Å². The predicted octanol–water partition coefficient (Wildman–Crippen LogP) is 1.71. The highest BCUT2D eigenvalue weighted by atomic mass is 32.2. The van der Waals surface area contributed by atoms with Crippen molar-refractivity contribution < 1.29 is 18.3 Å².